The maximum atomic E-state index is 12.2. The van der Waals surface area contributed by atoms with Crippen LogP contribution in [0.4, 0.5) is 0 Å². The summed E-state index contributed by atoms with van der Waals surface area (Å²) in [6, 6.07) is 5.18. The van der Waals surface area contributed by atoms with Gasteiger partial charge in [0.25, 0.3) is 5.91 Å². The molecule has 2 aliphatic carbocycles. The van der Waals surface area contributed by atoms with E-state index < -0.39 is 0 Å². The number of carbonyl (C=O) groups is 1. The standard InChI is InChI=1S/C17H20N2O3/c1-10(14-7-11-2-3-12(14)6-11)18-19-17(20)13-4-5-15-16(8-13)22-9-21-15/h4-5,8,11-12,14H,2-3,6-7,9H2,1H3,(H,19,20)/b18-10+/t11-,12-,14+/m0/s1. The molecule has 1 N–H and O–H groups in total. The fourth-order valence-corrected chi connectivity index (χ4v) is 4.08. The average molecular weight is 300 g/mol. The summed E-state index contributed by atoms with van der Waals surface area (Å²) in [4.78, 5) is 12.2. The number of benzene rings is 1. The third-order valence-corrected chi connectivity index (χ3v) is 5.24. The molecule has 0 aromatic heterocycles. The first-order chi connectivity index (χ1) is 10.7. The lowest BCUT2D eigenvalue weighted by molar-refractivity contribution is 0.0954. The quantitative estimate of drug-likeness (QED) is 0.689. The molecule has 0 spiro atoms. The molecule has 0 unspecified atom stereocenters. The van der Waals surface area contributed by atoms with Gasteiger partial charge in [-0.05, 0) is 56.2 Å². The second kappa shape index (κ2) is 5.30. The van der Waals surface area contributed by atoms with Crippen molar-refractivity contribution < 1.29 is 14.3 Å². The Morgan fingerprint density at radius 3 is 2.86 bits per heavy atom. The Labute approximate surface area is 129 Å². The highest BCUT2D eigenvalue weighted by Gasteiger charge is 2.40. The molecule has 116 valence electrons. The van der Waals surface area contributed by atoms with Crippen molar-refractivity contribution in [1.29, 1.82) is 0 Å². The summed E-state index contributed by atoms with van der Waals surface area (Å²) in [5.41, 5.74) is 4.27. The third-order valence-electron chi connectivity index (χ3n) is 5.24. The lowest BCUT2D eigenvalue weighted by Gasteiger charge is -2.21. The monoisotopic (exact) mass is 300 g/mol. The van der Waals surface area contributed by atoms with Crippen LogP contribution >= 0.6 is 0 Å². The fourth-order valence-electron chi connectivity index (χ4n) is 4.08. The second-order valence-corrected chi connectivity index (χ2v) is 6.54. The summed E-state index contributed by atoms with van der Waals surface area (Å²) in [5, 5.41) is 4.34. The second-order valence-electron chi connectivity index (χ2n) is 6.54. The number of rotatable bonds is 3. The maximum absolute atomic E-state index is 12.2. The number of hydrazone groups is 1. The summed E-state index contributed by atoms with van der Waals surface area (Å²) < 4.78 is 10.5. The van der Waals surface area contributed by atoms with E-state index >= 15 is 0 Å². The van der Waals surface area contributed by atoms with Gasteiger partial charge in [-0.2, -0.15) is 5.10 Å². The molecule has 0 radical (unpaired) electrons. The molecule has 4 rings (SSSR count). The third kappa shape index (κ3) is 2.34. The number of nitrogens with one attached hydrogen (secondary N) is 1. The molecule has 2 fully saturated rings. The number of hydrogen-bond donors (Lipinski definition) is 1. The van der Waals surface area contributed by atoms with E-state index in [2.05, 4.69) is 10.5 Å². The van der Waals surface area contributed by atoms with Gasteiger partial charge in [-0.3, -0.25) is 4.79 Å². The zero-order valence-corrected chi connectivity index (χ0v) is 12.7. The molecular formula is C17H20N2O3. The molecule has 3 aliphatic rings. The summed E-state index contributed by atoms with van der Waals surface area (Å²) >= 11 is 0. The van der Waals surface area contributed by atoms with E-state index in [0.29, 0.717) is 23.0 Å². The van der Waals surface area contributed by atoms with Gasteiger partial charge in [-0.15, -0.1) is 0 Å². The minimum atomic E-state index is -0.208. The van der Waals surface area contributed by atoms with E-state index in [4.69, 9.17) is 9.47 Å². The highest BCUT2D eigenvalue weighted by Crippen LogP contribution is 2.48. The number of nitrogens with zero attached hydrogens (tertiary/aromatic N) is 1. The molecule has 22 heavy (non-hydrogen) atoms. The Bertz CT molecular complexity index is 641. The topological polar surface area (TPSA) is 59.9 Å². The number of amides is 1. The van der Waals surface area contributed by atoms with E-state index in [1.54, 1.807) is 18.2 Å². The molecule has 2 bridgehead atoms. The molecule has 1 aliphatic heterocycles. The molecule has 1 heterocycles. The molecule has 5 heteroatoms. The fraction of sp³-hybridized carbons (Fsp3) is 0.529. The zero-order valence-electron chi connectivity index (χ0n) is 12.7. The lowest BCUT2D eigenvalue weighted by atomic mass is 9.86. The van der Waals surface area contributed by atoms with Crippen LogP contribution in [0.2, 0.25) is 0 Å². The van der Waals surface area contributed by atoms with Crippen LogP contribution in [-0.2, 0) is 0 Å². The minimum Gasteiger partial charge on any atom is -0.454 e. The molecule has 0 saturated heterocycles. The predicted octanol–water partition coefficient (Wildman–Crippen LogP) is 2.96. The van der Waals surface area contributed by atoms with Crippen molar-refractivity contribution in [3.63, 3.8) is 0 Å². The molecule has 3 atom stereocenters. The van der Waals surface area contributed by atoms with E-state index in [1.165, 1.54) is 25.7 Å². The van der Waals surface area contributed by atoms with Gasteiger partial charge >= 0.3 is 0 Å². The first-order valence-electron chi connectivity index (χ1n) is 7.95. The minimum absolute atomic E-state index is 0.208. The van der Waals surface area contributed by atoms with E-state index in [9.17, 15) is 4.79 Å². The van der Waals surface area contributed by atoms with Gasteiger partial charge in [-0.1, -0.05) is 6.42 Å². The number of hydrogen-bond acceptors (Lipinski definition) is 4. The Hall–Kier alpha value is -2.04. The first kappa shape index (κ1) is 13.6. The summed E-state index contributed by atoms with van der Waals surface area (Å²) in [6.07, 6.45) is 5.27. The van der Waals surface area contributed by atoms with Crippen molar-refractivity contribution in [3.05, 3.63) is 23.8 Å². The Morgan fingerprint density at radius 1 is 1.23 bits per heavy atom. The van der Waals surface area contributed by atoms with Crippen LogP contribution in [0.3, 0.4) is 0 Å². The predicted molar refractivity (Wildman–Crippen MR) is 82.1 cm³/mol. The van der Waals surface area contributed by atoms with Gasteiger partial charge in [0, 0.05) is 17.2 Å². The Balaban J connectivity index is 1.42. The van der Waals surface area contributed by atoms with Crippen molar-refractivity contribution in [3.8, 4) is 11.5 Å². The van der Waals surface area contributed by atoms with Crippen LogP contribution in [0.15, 0.2) is 23.3 Å². The van der Waals surface area contributed by atoms with Crippen LogP contribution in [0.5, 0.6) is 11.5 Å². The van der Waals surface area contributed by atoms with Gasteiger partial charge in [-0.25, -0.2) is 5.43 Å². The average Bonchev–Trinajstić information content (AvgIpc) is 3.26. The largest absolute Gasteiger partial charge is 0.454 e. The molecule has 1 aromatic rings. The lowest BCUT2D eigenvalue weighted by Crippen LogP contribution is -2.24. The maximum Gasteiger partial charge on any atom is 0.271 e. The smallest absolute Gasteiger partial charge is 0.271 e. The van der Waals surface area contributed by atoms with Crippen LogP contribution in [-0.4, -0.2) is 18.4 Å². The van der Waals surface area contributed by atoms with Gasteiger partial charge < -0.3 is 9.47 Å². The number of fused-ring (bicyclic) bond motifs is 3. The van der Waals surface area contributed by atoms with E-state index in [-0.39, 0.29) is 12.7 Å². The van der Waals surface area contributed by atoms with Gasteiger partial charge in [0.15, 0.2) is 11.5 Å². The van der Waals surface area contributed by atoms with Crippen LogP contribution in [0, 0.1) is 17.8 Å². The molecule has 2 saturated carbocycles. The molecule has 5 nitrogen and oxygen atoms in total. The SMILES string of the molecule is C/C(=N\NC(=O)c1ccc2c(c1)OCO2)[C@H]1C[C@H]2CC[C@H]1C2. The molecular weight excluding hydrogens is 280 g/mol. The van der Waals surface area contributed by atoms with Crippen molar-refractivity contribution in [2.24, 2.45) is 22.9 Å². The van der Waals surface area contributed by atoms with Crippen molar-refractivity contribution >= 4 is 11.6 Å². The van der Waals surface area contributed by atoms with Crippen molar-refractivity contribution in [2.75, 3.05) is 6.79 Å². The van der Waals surface area contributed by atoms with Gasteiger partial charge in [0.2, 0.25) is 6.79 Å². The number of ether oxygens (including phenoxy) is 2. The first-order valence-corrected chi connectivity index (χ1v) is 7.95. The zero-order chi connectivity index (χ0) is 15.1. The highest BCUT2D eigenvalue weighted by atomic mass is 16.7. The normalized spacial score (nSPS) is 29.0. The van der Waals surface area contributed by atoms with Crippen molar-refractivity contribution in [2.45, 2.75) is 32.6 Å². The summed E-state index contributed by atoms with van der Waals surface area (Å²) in [7, 11) is 0. The van der Waals surface area contributed by atoms with Crippen molar-refractivity contribution in [1.82, 2.24) is 5.43 Å². The van der Waals surface area contributed by atoms with Gasteiger partial charge in [0.05, 0.1) is 0 Å². The van der Waals surface area contributed by atoms with Crippen LogP contribution in [0.25, 0.3) is 0 Å². The summed E-state index contributed by atoms with van der Waals surface area (Å²) in [6.45, 7) is 2.24. The molecule has 1 amide bonds. The highest BCUT2D eigenvalue weighted by molar-refractivity contribution is 5.96. The van der Waals surface area contributed by atoms with Gasteiger partial charge in [0.1, 0.15) is 0 Å². The van der Waals surface area contributed by atoms with E-state index in [1.807, 2.05) is 6.92 Å². The summed E-state index contributed by atoms with van der Waals surface area (Å²) in [5.74, 6) is 3.29. The number of carbonyl (C=O) groups excluding carboxylic acids is 1. The Kier molecular flexibility index (Phi) is 3.28. The Morgan fingerprint density at radius 2 is 2.09 bits per heavy atom. The van der Waals surface area contributed by atoms with Crippen LogP contribution in [0.1, 0.15) is 43.0 Å². The molecule has 1 aromatic carbocycles. The van der Waals surface area contributed by atoms with Crippen LogP contribution < -0.4 is 14.9 Å². The van der Waals surface area contributed by atoms with E-state index in [0.717, 1.165) is 17.5 Å².